The van der Waals surface area contributed by atoms with Crippen molar-refractivity contribution >= 4 is 34.8 Å². The number of benzene rings is 2. The standard InChI is InChI=1S/C22H22Cl2N2O2/c1-3-14-9-10-18(24)15(4-2)22(14)26-20(27)11-12-21-25-13-19(28-21)16-7-5-6-8-17(16)23/h5-10,13H,3-4,11-12H2,1-2H3,(H,26,27). The van der Waals surface area contributed by atoms with Gasteiger partial charge in [0.15, 0.2) is 11.7 Å². The third-order valence-electron chi connectivity index (χ3n) is 4.60. The molecule has 0 radical (unpaired) electrons. The van der Waals surface area contributed by atoms with Gasteiger partial charge in [0.05, 0.1) is 11.2 Å². The van der Waals surface area contributed by atoms with E-state index in [-0.39, 0.29) is 12.3 Å². The maximum absolute atomic E-state index is 12.5. The number of carbonyl (C=O) groups is 1. The molecule has 1 aromatic heterocycles. The van der Waals surface area contributed by atoms with Gasteiger partial charge in [0.1, 0.15) is 0 Å². The molecule has 0 aliphatic carbocycles. The first-order chi connectivity index (χ1) is 13.5. The highest BCUT2D eigenvalue weighted by atomic mass is 35.5. The summed E-state index contributed by atoms with van der Waals surface area (Å²) >= 11 is 12.5. The van der Waals surface area contributed by atoms with E-state index in [1.54, 1.807) is 12.3 Å². The van der Waals surface area contributed by atoms with Crippen LogP contribution in [-0.2, 0) is 24.1 Å². The maximum atomic E-state index is 12.5. The molecule has 4 nitrogen and oxygen atoms in total. The van der Waals surface area contributed by atoms with Crippen LogP contribution < -0.4 is 5.32 Å². The molecule has 0 unspecified atom stereocenters. The molecule has 0 saturated heterocycles. The Morgan fingerprint density at radius 2 is 1.86 bits per heavy atom. The number of hydrogen-bond donors (Lipinski definition) is 1. The number of amides is 1. The molecule has 0 fully saturated rings. The summed E-state index contributed by atoms with van der Waals surface area (Å²) in [6.45, 7) is 4.08. The number of carbonyl (C=O) groups excluding carboxylic acids is 1. The highest BCUT2D eigenvalue weighted by Gasteiger charge is 2.15. The second kappa shape index (κ2) is 9.26. The quantitative estimate of drug-likeness (QED) is 0.488. The minimum absolute atomic E-state index is 0.0934. The number of nitrogens with one attached hydrogen (secondary N) is 1. The fourth-order valence-corrected chi connectivity index (χ4v) is 3.62. The van der Waals surface area contributed by atoms with Gasteiger partial charge in [0.2, 0.25) is 5.91 Å². The van der Waals surface area contributed by atoms with E-state index in [4.69, 9.17) is 27.6 Å². The van der Waals surface area contributed by atoms with Crippen molar-refractivity contribution in [1.29, 1.82) is 0 Å². The van der Waals surface area contributed by atoms with E-state index in [1.165, 1.54) is 0 Å². The molecule has 28 heavy (non-hydrogen) atoms. The van der Waals surface area contributed by atoms with Gasteiger partial charge in [0.25, 0.3) is 0 Å². The Balaban J connectivity index is 1.68. The lowest BCUT2D eigenvalue weighted by Gasteiger charge is -2.15. The first kappa shape index (κ1) is 20.4. The van der Waals surface area contributed by atoms with Crippen LogP contribution in [0, 0.1) is 0 Å². The molecule has 0 spiro atoms. The summed E-state index contributed by atoms with van der Waals surface area (Å²) in [4.78, 5) is 16.8. The van der Waals surface area contributed by atoms with Crippen LogP contribution in [-0.4, -0.2) is 10.9 Å². The summed E-state index contributed by atoms with van der Waals surface area (Å²) in [6.07, 6.45) is 3.88. The molecular formula is C22H22Cl2N2O2. The summed E-state index contributed by atoms with van der Waals surface area (Å²) < 4.78 is 5.76. The lowest BCUT2D eigenvalue weighted by Crippen LogP contribution is -2.15. The Hall–Kier alpha value is -2.30. The molecule has 0 saturated carbocycles. The van der Waals surface area contributed by atoms with Crippen molar-refractivity contribution in [3.63, 3.8) is 0 Å². The zero-order valence-electron chi connectivity index (χ0n) is 15.9. The molecule has 3 rings (SSSR count). The highest BCUT2D eigenvalue weighted by Crippen LogP contribution is 2.30. The topological polar surface area (TPSA) is 55.1 Å². The lowest BCUT2D eigenvalue weighted by atomic mass is 10.0. The Morgan fingerprint density at radius 1 is 1.07 bits per heavy atom. The van der Waals surface area contributed by atoms with Crippen molar-refractivity contribution in [2.24, 2.45) is 0 Å². The first-order valence-electron chi connectivity index (χ1n) is 9.33. The zero-order valence-corrected chi connectivity index (χ0v) is 17.4. The van der Waals surface area contributed by atoms with E-state index in [1.807, 2.05) is 37.3 Å². The van der Waals surface area contributed by atoms with Gasteiger partial charge in [-0.25, -0.2) is 4.98 Å². The molecule has 0 aliphatic rings. The van der Waals surface area contributed by atoms with E-state index in [2.05, 4.69) is 17.2 Å². The number of aryl methyl sites for hydroxylation is 2. The monoisotopic (exact) mass is 416 g/mol. The van der Waals surface area contributed by atoms with Gasteiger partial charge in [0, 0.05) is 29.1 Å². The maximum Gasteiger partial charge on any atom is 0.224 e. The minimum Gasteiger partial charge on any atom is -0.441 e. The molecular weight excluding hydrogens is 395 g/mol. The molecule has 0 atom stereocenters. The van der Waals surface area contributed by atoms with Crippen molar-refractivity contribution in [2.45, 2.75) is 39.5 Å². The van der Waals surface area contributed by atoms with Crippen molar-refractivity contribution in [2.75, 3.05) is 5.32 Å². The Kier molecular flexibility index (Phi) is 6.76. The normalized spacial score (nSPS) is 10.9. The van der Waals surface area contributed by atoms with Gasteiger partial charge in [-0.1, -0.05) is 55.2 Å². The van der Waals surface area contributed by atoms with Crippen LogP contribution in [0.25, 0.3) is 11.3 Å². The highest BCUT2D eigenvalue weighted by molar-refractivity contribution is 6.33. The van der Waals surface area contributed by atoms with Crippen LogP contribution >= 0.6 is 23.2 Å². The zero-order chi connectivity index (χ0) is 20.1. The van der Waals surface area contributed by atoms with Gasteiger partial charge in [-0.2, -0.15) is 0 Å². The number of oxazole rings is 1. The van der Waals surface area contributed by atoms with Crippen LogP contribution in [0.15, 0.2) is 47.0 Å². The fraction of sp³-hybridized carbons (Fsp3) is 0.273. The third-order valence-corrected chi connectivity index (χ3v) is 5.28. The molecule has 0 bridgehead atoms. The second-order valence-corrected chi connectivity index (χ2v) is 7.23. The third kappa shape index (κ3) is 4.57. The van der Waals surface area contributed by atoms with Crippen molar-refractivity contribution in [1.82, 2.24) is 4.98 Å². The largest absolute Gasteiger partial charge is 0.441 e. The van der Waals surface area contributed by atoms with Gasteiger partial charge in [-0.3, -0.25) is 4.79 Å². The van der Waals surface area contributed by atoms with E-state index in [0.717, 1.165) is 35.2 Å². The summed E-state index contributed by atoms with van der Waals surface area (Å²) in [5, 5.41) is 4.30. The predicted molar refractivity (Wildman–Crippen MR) is 114 cm³/mol. The van der Waals surface area contributed by atoms with Gasteiger partial charge in [-0.15, -0.1) is 0 Å². The molecule has 1 amide bonds. The average Bonchev–Trinajstić information content (AvgIpc) is 3.16. The van der Waals surface area contributed by atoms with Gasteiger partial charge >= 0.3 is 0 Å². The van der Waals surface area contributed by atoms with E-state index < -0.39 is 0 Å². The van der Waals surface area contributed by atoms with Gasteiger partial charge < -0.3 is 9.73 Å². The van der Waals surface area contributed by atoms with Crippen molar-refractivity contribution in [3.8, 4) is 11.3 Å². The summed E-state index contributed by atoms with van der Waals surface area (Å²) in [5.74, 6) is 1.00. The van der Waals surface area contributed by atoms with E-state index >= 15 is 0 Å². The smallest absolute Gasteiger partial charge is 0.224 e. The number of anilines is 1. The lowest BCUT2D eigenvalue weighted by molar-refractivity contribution is -0.116. The molecule has 3 aromatic rings. The van der Waals surface area contributed by atoms with Crippen LogP contribution in [0.4, 0.5) is 5.69 Å². The number of halogens is 2. The van der Waals surface area contributed by atoms with Crippen molar-refractivity contribution in [3.05, 3.63) is 69.7 Å². The molecule has 6 heteroatoms. The summed E-state index contributed by atoms with van der Waals surface area (Å²) in [5.41, 5.74) is 3.65. The average molecular weight is 417 g/mol. The number of rotatable bonds is 7. The Morgan fingerprint density at radius 3 is 2.57 bits per heavy atom. The summed E-state index contributed by atoms with van der Waals surface area (Å²) in [6, 6.07) is 11.3. The number of hydrogen-bond acceptors (Lipinski definition) is 3. The van der Waals surface area contributed by atoms with Crippen LogP contribution in [0.5, 0.6) is 0 Å². The fourth-order valence-electron chi connectivity index (χ4n) is 3.10. The Labute approximate surface area is 174 Å². The molecule has 1 heterocycles. The minimum atomic E-state index is -0.0934. The van der Waals surface area contributed by atoms with Crippen LogP contribution in [0.1, 0.15) is 37.3 Å². The molecule has 1 N–H and O–H groups in total. The molecule has 146 valence electrons. The SMILES string of the molecule is CCc1ccc(Cl)c(CC)c1NC(=O)CCc1ncc(-c2ccccc2Cl)o1. The second-order valence-electron chi connectivity index (χ2n) is 6.41. The van der Waals surface area contributed by atoms with Crippen LogP contribution in [0.3, 0.4) is 0 Å². The summed E-state index contributed by atoms with van der Waals surface area (Å²) in [7, 11) is 0. The van der Waals surface area contributed by atoms with E-state index in [0.29, 0.717) is 28.1 Å². The Bertz CT molecular complexity index is 982. The molecule has 0 aliphatic heterocycles. The number of aromatic nitrogens is 1. The molecule has 2 aromatic carbocycles. The van der Waals surface area contributed by atoms with Crippen LogP contribution in [0.2, 0.25) is 10.0 Å². The van der Waals surface area contributed by atoms with E-state index in [9.17, 15) is 4.79 Å². The van der Waals surface area contributed by atoms with Crippen molar-refractivity contribution < 1.29 is 9.21 Å². The predicted octanol–water partition coefficient (Wildman–Crippen LogP) is 6.34. The number of nitrogens with zero attached hydrogens (tertiary/aromatic N) is 1. The first-order valence-corrected chi connectivity index (χ1v) is 10.1. The van der Waals surface area contributed by atoms with Gasteiger partial charge in [-0.05, 0) is 42.2 Å².